The first-order valence-corrected chi connectivity index (χ1v) is 6.49. The molecule has 0 bridgehead atoms. The molecule has 0 radical (unpaired) electrons. The molecule has 0 heterocycles. The van der Waals surface area contributed by atoms with Gasteiger partial charge < -0.3 is 9.64 Å². The van der Waals surface area contributed by atoms with Gasteiger partial charge in [0.15, 0.2) is 0 Å². The van der Waals surface area contributed by atoms with Crippen LogP contribution in [0.4, 0.5) is 0 Å². The Hall–Kier alpha value is -1.62. The van der Waals surface area contributed by atoms with Crippen LogP contribution in [0.2, 0.25) is 0 Å². The summed E-state index contributed by atoms with van der Waals surface area (Å²) >= 11 is 3.44. The Morgan fingerprint density at radius 3 is 2.68 bits per heavy atom. The summed E-state index contributed by atoms with van der Waals surface area (Å²) in [5.41, 5.74) is 2.04. The van der Waals surface area contributed by atoms with Gasteiger partial charge >= 0.3 is 5.97 Å². The number of hydrogen-bond acceptors (Lipinski definition) is 3. The van der Waals surface area contributed by atoms with Crippen molar-refractivity contribution in [2.24, 2.45) is 0 Å². The van der Waals surface area contributed by atoms with Gasteiger partial charge in [0.05, 0.1) is 7.11 Å². The Bertz CT molecular complexity index is 511. The number of halogens is 1. The van der Waals surface area contributed by atoms with Crippen molar-refractivity contribution in [3.05, 3.63) is 39.9 Å². The number of amides is 1. The Morgan fingerprint density at radius 2 is 2.11 bits per heavy atom. The number of rotatable bonds is 4. The zero-order valence-corrected chi connectivity index (χ0v) is 12.7. The molecule has 0 aromatic heterocycles. The number of benzene rings is 1. The lowest BCUT2D eigenvalue weighted by molar-refractivity contribution is -0.144. The largest absolute Gasteiger partial charge is 0.468 e. The second-order valence-corrected chi connectivity index (χ2v) is 4.98. The van der Waals surface area contributed by atoms with E-state index >= 15 is 0 Å². The lowest BCUT2D eigenvalue weighted by atomic mass is 10.1. The number of methoxy groups -OCH3 is 1. The summed E-state index contributed by atoms with van der Waals surface area (Å²) in [6, 6.07) is 5.86. The fourth-order valence-corrected chi connectivity index (χ4v) is 2.02. The van der Waals surface area contributed by atoms with Gasteiger partial charge in [0.2, 0.25) is 5.91 Å². The molecule has 0 spiro atoms. The summed E-state index contributed by atoms with van der Waals surface area (Å²) in [4.78, 5) is 24.1. The number of ether oxygens (including phenoxy) is 1. The van der Waals surface area contributed by atoms with Crippen molar-refractivity contribution in [2.45, 2.75) is 6.92 Å². The molecule has 0 atom stereocenters. The molecule has 1 aromatic rings. The SMILES string of the molecule is COC(=O)CN(C)C(=O)C=Cc1ccc(C)cc1Br. The molecule has 1 rings (SSSR count). The smallest absolute Gasteiger partial charge is 0.325 e. The van der Waals surface area contributed by atoms with Crippen molar-refractivity contribution in [3.63, 3.8) is 0 Å². The molecular weight excluding hydrogens is 310 g/mol. The molecule has 4 nitrogen and oxygen atoms in total. The number of esters is 1. The molecule has 1 amide bonds. The number of nitrogens with zero attached hydrogens (tertiary/aromatic N) is 1. The van der Waals surface area contributed by atoms with Crippen LogP contribution < -0.4 is 0 Å². The van der Waals surface area contributed by atoms with E-state index in [-0.39, 0.29) is 12.5 Å². The fourth-order valence-electron chi connectivity index (χ4n) is 1.39. The van der Waals surface area contributed by atoms with Gasteiger partial charge in [-0.3, -0.25) is 9.59 Å². The Morgan fingerprint density at radius 1 is 1.42 bits per heavy atom. The van der Waals surface area contributed by atoms with Crippen molar-refractivity contribution < 1.29 is 14.3 Å². The third-order valence-electron chi connectivity index (χ3n) is 2.53. The van der Waals surface area contributed by atoms with Gasteiger partial charge in [-0.05, 0) is 30.2 Å². The highest BCUT2D eigenvalue weighted by molar-refractivity contribution is 9.10. The van der Waals surface area contributed by atoms with Crippen LogP contribution in [0.3, 0.4) is 0 Å². The van der Waals surface area contributed by atoms with Gasteiger partial charge in [-0.1, -0.05) is 28.1 Å². The van der Waals surface area contributed by atoms with Crippen molar-refractivity contribution in [2.75, 3.05) is 20.7 Å². The first kappa shape index (κ1) is 15.4. The van der Waals surface area contributed by atoms with Crippen LogP contribution in [0.5, 0.6) is 0 Å². The summed E-state index contributed by atoms with van der Waals surface area (Å²) in [7, 11) is 2.84. The molecule has 1 aromatic carbocycles. The summed E-state index contributed by atoms with van der Waals surface area (Å²) < 4.78 is 5.42. The molecule has 0 unspecified atom stereocenters. The average molecular weight is 326 g/mol. The molecule has 5 heteroatoms. The minimum atomic E-state index is -0.444. The average Bonchev–Trinajstić information content (AvgIpc) is 2.37. The van der Waals surface area contributed by atoms with Crippen molar-refractivity contribution in [3.8, 4) is 0 Å². The van der Waals surface area contributed by atoms with E-state index in [1.807, 2.05) is 25.1 Å². The van der Waals surface area contributed by atoms with E-state index in [0.29, 0.717) is 0 Å². The highest BCUT2D eigenvalue weighted by atomic mass is 79.9. The number of carbonyl (C=O) groups excluding carboxylic acids is 2. The molecular formula is C14H16BrNO3. The van der Waals surface area contributed by atoms with Crippen LogP contribution in [-0.2, 0) is 14.3 Å². The van der Waals surface area contributed by atoms with E-state index in [1.54, 1.807) is 13.1 Å². The number of hydrogen-bond donors (Lipinski definition) is 0. The normalized spacial score (nSPS) is 10.5. The summed E-state index contributed by atoms with van der Waals surface area (Å²) in [6.07, 6.45) is 3.14. The monoisotopic (exact) mass is 325 g/mol. The molecule has 0 saturated carbocycles. The van der Waals surface area contributed by atoms with E-state index in [0.717, 1.165) is 15.6 Å². The predicted octanol–water partition coefficient (Wildman–Crippen LogP) is 2.40. The van der Waals surface area contributed by atoms with Gasteiger partial charge in [0.25, 0.3) is 0 Å². The Labute approximate surface area is 121 Å². The second-order valence-electron chi connectivity index (χ2n) is 4.13. The van der Waals surface area contributed by atoms with Gasteiger partial charge in [-0.2, -0.15) is 0 Å². The van der Waals surface area contributed by atoms with E-state index in [2.05, 4.69) is 20.7 Å². The lowest BCUT2D eigenvalue weighted by Crippen LogP contribution is -2.31. The first-order chi connectivity index (χ1) is 8.93. The van der Waals surface area contributed by atoms with Crippen LogP contribution >= 0.6 is 15.9 Å². The van der Waals surface area contributed by atoms with E-state index in [9.17, 15) is 9.59 Å². The molecule has 0 saturated heterocycles. The highest BCUT2D eigenvalue weighted by Gasteiger charge is 2.10. The molecule has 19 heavy (non-hydrogen) atoms. The van der Waals surface area contributed by atoms with Crippen LogP contribution in [-0.4, -0.2) is 37.5 Å². The number of likely N-dealkylation sites (N-methyl/N-ethyl adjacent to an activating group) is 1. The zero-order chi connectivity index (χ0) is 14.4. The van der Waals surface area contributed by atoms with Gasteiger partial charge in [0.1, 0.15) is 6.54 Å². The van der Waals surface area contributed by atoms with Crippen LogP contribution in [0, 0.1) is 6.92 Å². The van der Waals surface area contributed by atoms with E-state index in [4.69, 9.17) is 0 Å². The van der Waals surface area contributed by atoms with Gasteiger partial charge in [-0.25, -0.2) is 0 Å². The highest BCUT2D eigenvalue weighted by Crippen LogP contribution is 2.19. The zero-order valence-electron chi connectivity index (χ0n) is 11.1. The molecule has 0 fully saturated rings. The van der Waals surface area contributed by atoms with Crippen LogP contribution in [0.25, 0.3) is 6.08 Å². The van der Waals surface area contributed by atoms with Crippen LogP contribution in [0.1, 0.15) is 11.1 Å². The third-order valence-corrected chi connectivity index (χ3v) is 3.22. The van der Waals surface area contributed by atoms with Crippen molar-refractivity contribution in [1.29, 1.82) is 0 Å². The molecule has 0 aliphatic heterocycles. The predicted molar refractivity (Wildman–Crippen MR) is 77.6 cm³/mol. The Balaban J connectivity index is 2.70. The minimum absolute atomic E-state index is 0.0608. The maximum absolute atomic E-state index is 11.8. The van der Waals surface area contributed by atoms with Gasteiger partial charge in [0, 0.05) is 17.6 Å². The quantitative estimate of drug-likeness (QED) is 0.630. The standard InChI is InChI=1S/C14H16BrNO3/c1-10-4-5-11(12(15)8-10)6-7-13(17)16(2)9-14(18)19-3/h4-8H,9H2,1-3H3. The molecule has 0 N–H and O–H groups in total. The fraction of sp³-hybridized carbons (Fsp3) is 0.286. The molecule has 0 aliphatic rings. The lowest BCUT2D eigenvalue weighted by Gasteiger charge is -2.12. The summed E-state index contributed by atoms with van der Waals surface area (Å²) in [5, 5.41) is 0. The third kappa shape index (κ3) is 4.87. The van der Waals surface area contributed by atoms with Crippen LogP contribution in [0.15, 0.2) is 28.7 Å². The summed E-state index contributed by atoms with van der Waals surface area (Å²) in [5.74, 6) is -0.696. The molecule has 0 aliphatic carbocycles. The van der Waals surface area contributed by atoms with E-state index < -0.39 is 5.97 Å². The topological polar surface area (TPSA) is 46.6 Å². The first-order valence-electron chi connectivity index (χ1n) is 5.70. The maximum Gasteiger partial charge on any atom is 0.325 e. The number of carbonyl (C=O) groups is 2. The second kappa shape index (κ2) is 7.09. The Kier molecular flexibility index (Phi) is 5.76. The molecule has 102 valence electrons. The minimum Gasteiger partial charge on any atom is -0.468 e. The maximum atomic E-state index is 11.8. The van der Waals surface area contributed by atoms with E-state index in [1.165, 1.54) is 18.1 Å². The number of aryl methyl sites for hydroxylation is 1. The van der Waals surface area contributed by atoms with Gasteiger partial charge in [-0.15, -0.1) is 0 Å². The van der Waals surface area contributed by atoms with Crippen molar-refractivity contribution in [1.82, 2.24) is 4.90 Å². The van der Waals surface area contributed by atoms with Crippen molar-refractivity contribution >= 4 is 33.9 Å². The summed E-state index contributed by atoms with van der Waals surface area (Å²) in [6.45, 7) is 1.93.